The van der Waals surface area contributed by atoms with Crippen LogP contribution in [-0.4, -0.2) is 9.97 Å². The molecule has 0 spiro atoms. The summed E-state index contributed by atoms with van der Waals surface area (Å²) in [7, 11) is 0. The molecule has 0 amide bonds. The summed E-state index contributed by atoms with van der Waals surface area (Å²) in [6, 6.07) is 11.7. The molecule has 4 aromatic rings. The van der Waals surface area contributed by atoms with Crippen LogP contribution in [0.15, 0.2) is 58.8 Å². The van der Waals surface area contributed by atoms with Gasteiger partial charge < -0.3 is 4.42 Å². The van der Waals surface area contributed by atoms with Crippen molar-refractivity contribution in [3.63, 3.8) is 0 Å². The van der Waals surface area contributed by atoms with Crippen molar-refractivity contribution in [3.8, 4) is 11.1 Å². The molecule has 0 radical (unpaired) electrons. The first kappa shape index (κ1) is 13.5. The van der Waals surface area contributed by atoms with Crippen LogP contribution in [0.2, 0.25) is 5.02 Å². The Labute approximate surface area is 136 Å². The van der Waals surface area contributed by atoms with Crippen molar-refractivity contribution in [1.82, 2.24) is 9.97 Å². The zero-order valence-corrected chi connectivity index (χ0v) is 13.1. The molecule has 0 unspecified atom stereocenters. The Hall–Kier alpha value is -2.17. The fourth-order valence-corrected chi connectivity index (χ4v) is 3.55. The number of hydrogen-bond donors (Lipinski definition) is 0. The smallest absolute Gasteiger partial charge is 0.127 e. The van der Waals surface area contributed by atoms with E-state index in [-0.39, 0.29) is 0 Å². The molecule has 0 fully saturated rings. The zero-order chi connectivity index (χ0) is 14.9. The van der Waals surface area contributed by atoms with Crippen LogP contribution < -0.4 is 0 Å². The molecule has 22 heavy (non-hydrogen) atoms. The molecule has 1 aromatic carbocycles. The summed E-state index contributed by atoms with van der Waals surface area (Å²) in [4.78, 5) is 9.84. The summed E-state index contributed by atoms with van der Waals surface area (Å²) >= 11 is 7.61. The Morgan fingerprint density at radius 1 is 1.09 bits per heavy atom. The van der Waals surface area contributed by atoms with Gasteiger partial charge >= 0.3 is 0 Å². The topological polar surface area (TPSA) is 38.9 Å². The van der Waals surface area contributed by atoms with Crippen LogP contribution in [0.4, 0.5) is 0 Å². The van der Waals surface area contributed by atoms with Crippen LogP contribution in [0.5, 0.6) is 0 Å². The van der Waals surface area contributed by atoms with Crippen molar-refractivity contribution in [2.45, 2.75) is 6.42 Å². The quantitative estimate of drug-likeness (QED) is 0.519. The third kappa shape index (κ3) is 2.40. The van der Waals surface area contributed by atoms with Gasteiger partial charge in [0.2, 0.25) is 0 Å². The van der Waals surface area contributed by atoms with Crippen LogP contribution in [0.25, 0.3) is 21.3 Å². The molecule has 108 valence electrons. The molecule has 3 heterocycles. The Morgan fingerprint density at radius 3 is 2.73 bits per heavy atom. The molecule has 0 saturated carbocycles. The molecule has 0 atom stereocenters. The third-order valence-corrected chi connectivity index (χ3v) is 4.66. The van der Waals surface area contributed by atoms with E-state index in [1.54, 1.807) is 23.9 Å². The van der Waals surface area contributed by atoms with E-state index in [0.717, 1.165) is 37.8 Å². The predicted molar refractivity (Wildman–Crippen MR) is 89.4 cm³/mol. The largest absolute Gasteiger partial charge is 0.469 e. The van der Waals surface area contributed by atoms with Crippen molar-refractivity contribution in [3.05, 3.63) is 70.8 Å². The minimum Gasteiger partial charge on any atom is -0.469 e. The number of fused-ring (bicyclic) bond motifs is 1. The van der Waals surface area contributed by atoms with E-state index < -0.39 is 0 Å². The van der Waals surface area contributed by atoms with Gasteiger partial charge in [0, 0.05) is 27.8 Å². The Morgan fingerprint density at radius 2 is 1.95 bits per heavy atom. The SMILES string of the molecule is Clc1ccc(-c2csc3ncnc(Cc4ccco4)c23)cc1. The monoisotopic (exact) mass is 326 g/mol. The van der Waals surface area contributed by atoms with Gasteiger partial charge in [-0.05, 0) is 29.8 Å². The predicted octanol–water partition coefficient (Wildman–Crippen LogP) is 5.20. The Balaban J connectivity index is 1.87. The van der Waals surface area contributed by atoms with Crippen molar-refractivity contribution in [1.29, 1.82) is 0 Å². The molecule has 0 bridgehead atoms. The van der Waals surface area contributed by atoms with E-state index in [1.165, 1.54) is 0 Å². The lowest BCUT2D eigenvalue weighted by molar-refractivity contribution is 0.519. The van der Waals surface area contributed by atoms with Gasteiger partial charge in [0.1, 0.15) is 16.9 Å². The highest BCUT2D eigenvalue weighted by atomic mass is 35.5. The molecule has 3 nitrogen and oxygen atoms in total. The maximum absolute atomic E-state index is 5.98. The molecule has 0 aliphatic carbocycles. The first-order chi connectivity index (χ1) is 10.8. The van der Waals surface area contributed by atoms with Crippen molar-refractivity contribution >= 4 is 33.2 Å². The number of nitrogens with zero attached hydrogens (tertiary/aromatic N) is 2. The van der Waals surface area contributed by atoms with Gasteiger partial charge in [-0.2, -0.15) is 0 Å². The van der Waals surface area contributed by atoms with E-state index in [1.807, 2.05) is 36.4 Å². The van der Waals surface area contributed by atoms with Gasteiger partial charge in [-0.3, -0.25) is 0 Å². The fraction of sp³-hybridized carbons (Fsp3) is 0.0588. The first-order valence-corrected chi connectivity index (χ1v) is 8.06. The number of rotatable bonds is 3. The molecule has 0 saturated heterocycles. The van der Waals surface area contributed by atoms with Gasteiger partial charge in [-0.25, -0.2) is 9.97 Å². The normalized spacial score (nSPS) is 11.1. The molecule has 3 aromatic heterocycles. The summed E-state index contributed by atoms with van der Waals surface area (Å²) in [5.74, 6) is 0.897. The van der Waals surface area contributed by atoms with Crippen LogP contribution in [0.3, 0.4) is 0 Å². The van der Waals surface area contributed by atoms with Crippen LogP contribution in [-0.2, 0) is 6.42 Å². The van der Waals surface area contributed by atoms with Gasteiger partial charge in [0.15, 0.2) is 0 Å². The lowest BCUT2D eigenvalue weighted by Gasteiger charge is -2.04. The minimum atomic E-state index is 0.656. The van der Waals surface area contributed by atoms with E-state index in [9.17, 15) is 0 Å². The number of benzene rings is 1. The average Bonchev–Trinajstić information content (AvgIpc) is 3.18. The Kier molecular flexibility index (Phi) is 3.41. The highest BCUT2D eigenvalue weighted by Gasteiger charge is 2.14. The summed E-state index contributed by atoms with van der Waals surface area (Å²) in [5, 5.41) is 3.94. The van der Waals surface area contributed by atoms with Crippen LogP contribution in [0, 0.1) is 0 Å². The van der Waals surface area contributed by atoms with E-state index in [2.05, 4.69) is 15.3 Å². The number of furan rings is 1. The lowest BCUT2D eigenvalue weighted by Crippen LogP contribution is -1.93. The van der Waals surface area contributed by atoms with E-state index in [0.29, 0.717) is 6.42 Å². The second-order valence-electron chi connectivity index (χ2n) is 4.91. The molecule has 5 heteroatoms. The van der Waals surface area contributed by atoms with Crippen molar-refractivity contribution < 1.29 is 4.42 Å². The maximum Gasteiger partial charge on any atom is 0.127 e. The van der Waals surface area contributed by atoms with Gasteiger partial charge in [-0.15, -0.1) is 11.3 Å². The molecular formula is C17H11ClN2OS. The average molecular weight is 327 g/mol. The standard InChI is InChI=1S/C17H11ClN2OS/c18-12-5-3-11(4-6-12)14-9-22-17-16(14)15(19-10-20-17)8-13-2-1-7-21-13/h1-7,9-10H,8H2. The van der Waals surface area contributed by atoms with E-state index >= 15 is 0 Å². The van der Waals surface area contributed by atoms with Crippen LogP contribution >= 0.6 is 22.9 Å². The highest BCUT2D eigenvalue weighted by molar-refractivity contribution is 7.17. The summed E-state index contributed by atoms with van der Waals surface area (Å²) in [6.07, 6.45) is 3.95. The first-order valence-electron chi connectivity index (χ1n) is 6.80. The van der Waals surface area contributed by atoms with Gasteiger partial charge in [0.25, 0.3) is 0 Å². The second-order valence-corrected chi connectivity index (χ2v) is 6.21. The summed E-state index contributed by atoms with van der Waals surface area (Å²) in [5.41, 5.74) is 3.23. The number of aromatic nitrogens is 2. The number of hydrogen-bond acceptors (Lipinski definition) is 4. The summed E-state index contributed by atoms with van der Waals surface area (Å²) < 4.78 is 5.45. The number of halogens is 1. The molecular weight excluding hydrogens is 316 g/mol. The third-order valence-electron chi connectivity index (χ3n) is 3.53. The molecule has 0 N–H and O–H groups in total. The van der Waals surface area contributed by atoms with Crippen molar-refractivity contribution in [2.24, 2.45) is 0 Å². The Bertz CT molecular complexity index is 914. The maximum atomic E-state index is 5.98. The fourth-order valence-electron chi connectivity index (χ4n) is 2.49. The molecule has 0 aliphatic rings. The van der Waals surface area contributed by atoms with Gasteiger partial charge in [0.05, 0.1) is 12.0 Å². The second kappa shape index (κ2) is 5.55. The molecule has 0 aliphatic heterocycles. The van der Waals surface area contributed by atoms with Crippen molar-refractivity contribution in [2.75, 3.05) is 0 Å². The number of thiophene rings is 1. The minimum absolute atomic E-state index is 0.656. The highest BCUT2D eigenvalue weighted by Crippen LogP contribution is 2.35. The zero-order valence-electron chi connectivity index (χ0n) is 11.5. The van der Waals surface area contributed by atoms with Crippen LogP contribution in [0.1, 0.15) is 11.5 Å². The van der Waals surface area contributed by atoms with Gasteiger partial charge in [-0.1, -0.05) is 23.7 Å². The van der Waals surface area contributed by atoms with E-state index in [4.69, 9.17) is 16.0 Å². The molecule has 4 rings (SSSR count). The summed E-state index contributed by atoms with van der Waals surface area (Å²) in [6.45, 7) is 0. The lowest BCUT2D eigenvalue weighted by atomic mass is 10.0.